The summed E-state index contributed by atoms with van der Waals surface area (Å²) in [6.45, 7) is 11.8. The van der Waals surface area contributed by atoms with Gasteiger partial charge < -0.3 is 10.1 Å². The Balaban J connectivity index is 3.06. The van der Waals surface area contributed by atoms with Crippen molar-refractivity contribution in [2.24, 2.45) is 0 Å². The van der Waals surface area contributed by atoms with E-state index in [-0.39, 0.29) is 18.5 Å². The summed E-state index contributed by atoms with van der Waals surface area (Å²) in [5.74, 6) is -0.600. The predicted molar refractivity (Wildman–Crippen MR) is 67.2 cm³/mol. The molecule has 0 saturated heterocycles. The number of esters is 1. The minimum atomic E-state index is -0.371. The SMILES string of the molecule is [C-]#[N+]c1cc(COC(C)=O)c(C)cc1NC(C)=O. The lowest BCUT2D eigenvalue weighted by atomic mass is 10.1. The maximum Gasteiger partial charge on any atom is 0.302 e. The van der Waals surface area contributed by atoms with E-state index in [2.05, 4.69) is 10.2 Å². The Labute approximate surface area is 106 Å². The van der Waals surface area contributed by atoms with Crippen LogP contribution < -0.4 is 5.32 Å². The largest absolute Gasteiger partial charge is 0.461 e. The highest BCUT2D eigenvalue weighted by molar-refractivity contribution is 5.93. The Hall–Kier alpha value is -2.35. The van der Waals surface area contributed by atoms with Crippen LogP contribution in [-0.2, 0) is 20.9 Å². The second kappa shape index (κ2) is 5.82. The number of rotatable bonds is 3. The summed E-state index contributed by atoms with van der Waals surface area (Å²) in [6, 6.07) is 3.32. The summed E-state index contributed by atoms with van der Waals surface area (Å²) in [4.78, 5) is 25.1. The first-order valence-corrected chi connectivity index (χ1v) is 5.36. The average molecular weight is 246 g/mol. The molecule has 1 aromatic rings. The second-order valence-electron chi connectivity index (χ2n) is 3.87. The smallest absolute Gasteiger partial charge is 0.302 e. The van der Waals surface area contributed by atoms with Crippen molar-refractivity contribution in [3.63, 3.8) is 0 Å². The summed E-state index contributed by atoms with van der Waals surface area (Å²) in [7, 11) is 0. The van der Waals surface area contributed by atoms with Crippen LogP contribution in [0.15, 0.2) is 12.1 Å². The van der Waals surface area contributed by atoms with Crippen LogP contribution in [0.4, 0.5) is 11.4 Å². The van der Waals surface area contributed by atoms with E-state index in [9.17, 15) is 9.59 Å². The lowest BCUT2D eigenvalue weighted by Crippen LogP contribution is -2.07. The third kappa shape index (κ3) is 3.59. The van der Waals surface area contributed by atoms with Gasteiger partial charge in [0.25, 0.3) is 0 Å². The van der Waals surface area contributed by atoms with E-state index in [0.29, 0.717) is 11.4 Å². The lowest BCUT2D eigenvalue weighted by molar-refractivity contribution is -0.142. The van der Waals surface area contributed by atoms with Gasteiger partial charge >= 0.3 is 5.97 Å². The van der Waals surface area contributed by atoms with Crippen LogP contribution in [-0.4, -0.2) is 11.9 Å². The van der Waals surface area contributed by atoms with Crippen molar-refractivity contribution < 1.29 is 14.3 Å². The third-order valence-corrected chi connectivity index (χ3v) is 2.32. The Morgan fingerprint density at radius 2 is 2.06 bits per heavy atom. The molecule has 0 atom stereocenters. The summed E-state index contributed by atoms with van der Waals surface area (Å²) >= 11 is 0. The molecule has 0 saturated carbocycles. The molecule has 1 amide bonds. The normalized spacial score (nSPS) is 9.44. The standard InChI is InChI=1S/C13H14N2O3/c1-8-5-13(15-9(2)16)12(14-4)6-11(8)7-18-10(3)17/h5-6H,7H2,1-3H3,(H,15,16). The molecular weight excluding hydrogens is 232 g/mol. The predicted octanol–water partition coefficient (Wildman–Crippen LogP) is 2.57. The molecule has 1 aromatic carbocycles. The van der Waals surface area contributed by atoms with E-state index in [1.54, 1.807) is 12.1 Å². The molecule has 1 rings (SSSR count). The minimum Gasteiger partial charge on any atom is -0.461 e. The molecule has 94 valence electrons. The Bertz CT molecular complexity index is 530. The van der Waals surface area contributed by atoms with Crippen molar-refractivity contribution in [3.8, 4) is 0 Å². The van der Waals surface area contributed by atoms with Crippen LogP contribution in [0.1, 0.15) is 25.0 Å². The molecule has 1 N–H and O–H groups in total. The summed E-state index contributed by atoms with van der Waals surface area (Å²) < 4.78 is 4.90. The number of aryl methyl sites for hydroxylation is 1. The van der Waals surface area contributed by atoms with Gasteiger partial charge in [0.2, 0.25) is 11.6 Å². The first-order chi connectivity index (χ1) is 8.43. The van der Waals surface area contributed by atoms with Gasteiger partial charge in [-0.15, -0.1) is 0 Å². The van der Waals surface area contributed by atoms with E-state index >= 15 is 0 Å². The van der Waals surface area contributed by atoms with E-state index in [4.69, 9.17) is 11.3 Å². The summed E-state index contributed by atoms with van der Waals surface area (Å²) in [5, 5.41) is 2.60. The monoisotopic (exact) mass is 246 g/mol. The molecular formula is C13H14N2O3. The highest BCUT2D eigenvalue weighted by Gasteiger charge is 2.09. The van der Waals surface area contributed by atoms with Crippen molar-refractivity contribution in [1.29, 1.82) is 0 Å². The van der Waals surface area contributed by atoms with Crippen LogP contribution in [0.5, 0.6) is 0 Å². The van der Waals surface area contributed by atoms with Crippen molar-refractivity contribution >= 4 is 23.3 Å². The molecule has 0 heterocycles. The van der Waals surface area contributed by atoms with Crippen LogP contribution in [0, 0.1) is 13.5 Å². The van der Waals surface area contributed by atoms with Gasteiger partial charge in [0.05, 0.1) is 6.57 Å². The summed E-state index contributed by atoms with van der Waals surface area (Å²) in [6.07, 6.45) is 0. The summed E-state index contributed by atoms with van der Waals surface area (Å²) in [5.41, 5.74) is 2.41. The molecule has 0 bridgehead atoms. The number of amides is 1. The van der Waals surface area contributed by atoms with E-state index < -0.39 is 0 Å². The first-order valence-electron chi connectivity index (χ1n) is 5.36. The third-order valence-electron chi connectivity index (χ3n) is 2.32. The van der Waals surface area contributed by atoms with E-state index in [1.807, 2.05) is 6.92 Å². The van der Waals surface area contributed by atoms with Gasteiger partial charge in [0, 0.05) is 19.5 Å². The Morgan fingerprint density at radius 3 is 2.56 bits per heavy atom. The van der Waals surface area contributed by atoms with Crippen molar-refractivity contribution in [2.45, 2.75) is 27.4 Å². The minimum absolute atomic E-state index is 0.129. The molecule has 0 aliphatic rings. The van der Waals surface area contributed by atoms with Crippen molar-refractivity contribution in [3.05, 3.63) is 34.7 Å². The highest BCUT2D eigenvalue weighted by Crippen LogP contribution is 2.29. The number of carbonyl (C=O) groups excluding carboxylic acids is 2. The van der Waals surface area contributed by atoms with E-state index in [0.717, 1.165) is 11.1 Å². The van der Waals surface area contributed by atoms with Gasteiger partial charge in [-0.2, -0.15) is 0 Å². The number of hydrogen-bond donors (Lipinski definition) is 1. The van der Waals surface area contributed by atoms with Gasteiger partial charge in [0.1, 0.15) is 6.61 Å². The molecule has 0 aromatic heterocycles. The average Bonchev–Trinajstić information content (AvgIpc) is 2.27. The molecule has 0 aliphatic heterocycles. The number of hydrogen-bond acceptors (Lipinski definition) is 3. The zero-order valence-corrected chi connectivity index (χ0v) is 10.5. The molecule has 18 heavy (non-hydrogen) atoms. The number of nitrogens with one attached hydrogen (secondary N) is 1. The highest BCUT2D eigenvalue weighted by atomic mass is 16.5. The number of nitrogens with zero attached hydrogens (tertiary/aromatic N) is 1. The molecule has 5 heteroatoms. The molecule has 0 aliphatic carbocycles. The topological polar surface area (TPSA) is 59.8 Å². The van der Waals surface area contributed by atoms with Crippen molar-refractivity contribution in [1.82, 2.24) is 0 Å². The van der Waals surface area contributed by atoms with Gasteiger partial charge in [0.15, 0.2) is 0 Å². The van der Waals surface area contributed by atoms with Crippen LogP contribution in [0.25, 0.3) is 4.85 Å². The molecule has 5 nitrogen and oxygen atoms in total. The number of benzene rings is 1. The number of carbonyl (C=O) groups is 2. The lowest BCUT2D eigenvalue weighted by Gasteiger charge is -2.11. The first kappa shape index (κ1) is 13.7. The molecule has 0 unspecified atom stereocenters. The van der Waals surface area contributed by atoms with Gasteiger partial charge in [-0.25, -0.2) is 4.85 Å². The van der Waals surface area contributed by atoms with Crippen LogP contribution in [0.2, 0.25) is 0 Å². The maximum absolute atomic E-state index is 11.0. The van der Waals surface area contributed by atoms with E-state index in [1.165, 1.54) is 13.8 Å². The van der Waals surface area contributed by atoms with Crippen LogP contribution in [0.3, 0.4) is 0 Å². The quantitative estimate of drug-likeness (QED) is 0.658. The molecule has 0 fully saturated rings. The fourth-order valence-electron chi connectivity index (χ4n) is 1.46. The molecule has 0 radical (unpaired) electrons. The fraction of sp³-hybridized carbons (Fsp3) is 0.308. The maximum atomic E-state index is 11.0. The Morgan fingerprint density at radius 1 is 1.39 bits per heavy atom. The zero-order valence-electron chi connectivity index (χ0n) is 10.5. The zero-order chi connectivity index (χ0) is 13.7. The van der Waals surface area contributed by atoms with Gasteiger partial charge in [-0.05, 0) is 30.2 Å². The number of anilines is 1. The number of ether oxygens (including phenoxy) is 1. The van der Waals surface area contributed by atoms with Crippen molar-refractivity contribution in [2.75, 3.05) is 5.32 Å². The Kier molecular flexibility index (Phi) is 4.44. The van der Waals surface area contributed by atoms with Gasteiger partial charge in [-0.1, -0.05) is 0 Å². The fourth-order valence-corrected chi connectivity index (χ4v) is 1.46. The second-order valence-corrected chi connectivity index (χ2v) is 3.87. The van der Waals surface area contributed by atoms with Crippen LogP contribution >= 0.6 is 0 Å². The molecule has 0 spiro atoms. The van der Waals surface area contributed by atoms with Gasteiger partial charge in [-0.3, -0.25) is 9.59 Å².